The molecule has 1 N–H and O–H groups in total. The third kappa shape index (κ3) is 3.97. The summed E-state index contributed by atoms with van der Waals surface area (Å²) in [5.41, 5.74) is 0.824. The lowest BCUT2D eigenvalue weighted by molar-refractivity contribution is -0.116. The topological polar surface area (TPSA) is 64.0 Å². The Labute approximate surface area is 186 Å². The van der Waals surface area contributed by atoms with Crippen molar-refractivity contribution in [2.75, 3.05) is 5.32 Å². The summed E-state index contributed by atoms with van der Waals surface area (Å²) in [7, 11) is 1.71. The third-order valence-corrected chi connectivity index (χ3v) is 6.57. The zero-order valence-corrected chi connectivity index (χ0v) is 18.1. The smallest absolute Gasteiger partial charge is 0.279 e. The van der Waals surface area contributed by atoms with E-state index >= 15 is 0 Å². The lowest BCUT2D eigenvalue weighted by Crippen LogP contribution is -2.34. The molecule has 1 unspecified atom stereocenters. The first-order chi connectivity index (χ1) is 14.3. The molecular formula is C21H16Cl2FN3O2S. The Bertz CT molecular complexity index is 1200. The highest BCUT2D eigenvalue weighted by molar-refractivity contribution is 7.98. The number of aromatic nitrogens is 2. The van der Waals surface area contributed by atoms with Crippen molar-refractivity contribution < 1.29 is 9.18 Å². The number of halogens is 3. The van der Waals surface area contributed by atoms with E-state index in [0.29, 0.717) is 21.7 Å². The maximum atomic E-state index is 14.5. The average Bonchev–Trinajstić information content (AvgIpc) is 2.69. The second-order valence-corrected chi connectivity index (χ2v) is 8.67. The molecular weight excluding hydrogens is 448 g/mol. The number of nitrogens with one attached hydrogen (secondary N) is 1. The summed E-state index contributed by atoms with van der Waals surface area (Å²) < 4.78 is 16.2. The van der Waals surface area contributed by atoms with Crippen molar-refractivity contribution in [3.05, 3.63) is 85.4 Å². The predicted octanol–water partition coefficient (Wildman–Crippen LogP) is 4.99. The first-order valence-electron chi connectivity index (χ1n) is 9.07. The van der Waals surface area contributed by atoms with Gasteiger partial charge in [0.1, 0.15) is 11.6 Å². The molecule has 2 heterocycles. The van der Waals surface area contributed by atoms with Crippen LogP contribution in [0.2, 0.25) is 10.0 Å². The van der Waals surface area contributed by atoms with E-state index in [1.165, 1.54) is 23.9 Å². The molecule has 0 saturated carbocycles. The first-order valence-corrected chi connectivity index (χ1v) is 10.8. The fraction of sp³-hybridized carbons (Fsp3) is 0.190. The number of fused-ring (bicyclic) bond motifs is 1. The monoisotopic (exact) mass is 463 g/mol. The van der Waals surface area contributed by atoms with Gasteiger partial charge in [-0.15, -0.1) is 0 Å². The molecule has 0 saturated heterocycles. The number of benzene rings is 2. The predicted molar refractivity (Wildman–Crippen MR) is 117 cm³/mol. The van der Waals surface area contributed by atoms with Crippen LogP contribution in [-0.4, -0.2) is 15.5 Å². The van der Waals surface area contributed by atoms with Gasteiger partial charge >= 0.3 is 0 Å². The number of carbonyl (C=O) groups is 1. The molecule has 0 radical (unpaired) electrons. The van der Waals surface area contributed by atoms with Crippen molar-refractivity contribution in [3.63, 3.8) is 0 Å². The second-order valence-electron chi connectivity index (χ2n) is 6.88. The minimum atomic E-state index is -0.805. The number of thioether (sulfide) groups is 1. The standard InChI is InChI=1S/C21H16Cl2FN3O2S/c1-27-19-18(13(9-16(28)25-19)17-14(23)6-3-7-15(17)24)20(29)26-21(27)30-10-11-4-2-5-12(22)8-11/h2-8,13H,9-10H2,1H3,(H,25,28). The Morgan fingerprint density at radius 3 is 2.70 bits per heavy atom. The van der Waals surface area contributed by atoms with Crippen molar-refractivity contribution >= 4 is 46.7 Å². The summed E-state index contributed by atoms with van der Waals surface area (Å²) in [4.78, 5) is 29.5. The van der Waals surface area contributed by atoms with E-state index in [9.17, 15) is 14.0 Å². The van der Waals surface area contributed by atoms with Gasteiger partial charge in [0.15, 0.2) is 5.16 Å². The molecule has 30 heavy (non-hydrogen) atoms. The number of anilines is 1. The van der Waals surface area contributed by atoms with Gasteiger partial charge in [-0.3, -0.25) is 9.59 Å². The van der Waals surface area contributed by atoms with Gasteiger partial charge in [-0.05, 0) is 29.8 Å². The van der Waals surface area contributed by atoms with E-state index in [0.717, 1.165) is 5.56 Å². The highest BCUT2D eigenvalue weighted by Gasteiger charge is 2.34. The molecule has 5 nitrogen and oxygen atoms in total. The van der Waals surface area contributed by atoms with Crippen LogP contribution in [0.1, 0.15) is 29.0 Å². The SMILES string of the molecule is Cn1c(SCc2cccc(Cl)c2)nc(=O)c2c1NC(=O)CC2c1c(F)cccc1Cl. The van der Waals surface area contributed by atoms with Crippen LogP contribution in [0.4, 0.5) is 10.2 Å². The zero-order valence-electron chi connectivity index (χ0n) is 15.8. The average molecular weight is 464 g/mol. The van der Waals surface area contributed by atoms with Crippen LogP contribution in [0, 0.1) is 5.82 Å². The fourth-order valence-corrected chi connectivity index (χ4v) is 4.94. The van der Waals surface area contributed by atoms with Crippen LogP contribution in [0.25, 0.3) is 0 Å². The van der Waals surface area contributed by atoms with Gasteiger partial charge in [0.2, 0.25) is 5.91 Å². The zero-order chi connectivity index (χ0) is 21.4. The lowest BCUT2D eigenvalue weighted by atomic mass is 9.86. The van der Waals surface area contributed by atoms with E-state index in [1.807, 2.05) is 18.2 Å². The van der Waals surface area contributed by atoms with Crippen LogP contribution in [-0.2, 0) is 17.6 Å². The summed E-state index contributed by atoms with van der Waals surface area (Å²) >= 11 is 13.6. The van der Waals surface area contributed by atoms with Crippen LogP contribution < -0.4 is 10.9 Å². The molecule has 1 aromatic heterocycles. The van der Waals surface area contributed by atoms with Gasteiger partial charge in [0.05, 0.1) is 5.56 Å². The molecule has 0 aliphatic carbocycles. The minimum Gasteiger partial charge on any atom is -0.312 e. The Morgan fingerprint density at radius 2 is 1.97 bits per heavy atom. The Morgan fingerprint density at radius 1 is 1.20 bits per heavy atom. The molecule has 0 fully saturated rings. The summed E-state index contributed by atoms with van der Waals surface area (Å²) in [6, 6.07) is 11.7. The minimum absolute atomic E-state index is 0.0838. The summed E-state index contributed by atoms with van der Waals surface area (Å²) in [5.74, 6) is -0.839. The maximum Gasteiger partial charge on any atom is 0.279 e. The molecule has 1 atom stereocenters. The van der Waals surface area contributed by atoms with E-state index in [1.54, 1.807) is 23.7 Å². The molecule has 1 aliphatic heterocycles. The van der Waals surface area contributed by atoms with Crippen LogP contribution in [0.5, 0.6) is 0 Å². The number of amides is 1. The van der Waals surface area contributed by atoms with Gasteiger partial charge in [0.25, 0.3) is 5.56 Å². The summed E-state index contributed by atoms with van der Waals surface area (Å²) in [6.07, 6.45) is -0.0838. The van der Waals surface area contributed by atoms with Crippen molar-refractivity contribution in [2.24, 2.45) is 7.05 Å². The summed E-state index contributed by atoms with van der Waals surface area (Å²) in [5, 5.41) is 3.96. The van der Waals surface area contributed by atoms with E-state index in [-0.39, 0.29) is 28.5 Å². The van der Waals surface area contributed by atoms with Crippen molar-refractivity contribution in [2.45, 2.75) is 23.2 Å². The highest BCUT2D eigenvalue weighted by atomic mass is 35.5. The maximum absolute atomic E-state index is 14.5. The molecule has 0 bridgehead atoms. The molecule has 0 spiro atoms. The fourth-order valence-electron chi connectivity index (χ4n) is 3.53. The molecule has 154 valence electrons. The molecule has 3 aromatic rings. The van der Waals surface area contributed by atoms with E-state index in [2.05, 4.69) is 10.3 Å². The largest absolute Gasteiger partial charge is 0.312 e. The molecule has 4 rings (SSSR count). The van der Waals surface area contributed by atoms with Crippen molar-refractivity contribution in [1.29, 1.82) is 0 Å². The quantitative estimate of drug-likeness (QED) is 0.437. The van der Waals surface area contributed by atoms with Crippen molar-refractivity contribution in [1.82, 2.24) is 9.55 Å². The van der Waals surface area contributed by atoms with Gasteiger partial charge in [-0.2, -0.15) is 4.98 Å². The van der Waals surface area contributed by atoms with Gasteiger partial charge in [0, 0.05) is 40.7 Å². The van der Waals surface area contributed by atoms with E-state index < -0.39 is 17.3 Å². The molecule has 9 heteroatoms. The Hall–Kier alpha value is -2.35. The number of carbonyl (C=O) groups excluding carboxylic acids is 1. The number of nitrogens with zero attached hydrogens (tertiary/aromatic N) is 2. The first kappa shape index (κ1) is 20.9. The highest BCUT2D eigenvalue weighted by Crippen LogP contribution is 2.39. The molecule has 2 aromatic carbocycles. The van der Waals surface area contributed by atoms with Gasteiger partial charge in [-0.25, -0.2) is 4.39 Å². The van der Waals surface area contributed by atoms with Crippen molar-refractivity contribution in [3.8, 4) is 0 Å². The Balaban J connectivity index is 1.76. The van der Waals surface area contributed by atoms with Gasteiger partial charge < -0.3 is 9.88 Å². The third-order valence-electron chi connectivity index (χ3n) is 4.91. The normalized spacial score (nSPS) is 15.6. The van der Waals surface area contributed by atoms with Gasteiger partial charge in [-0.1, -0.05) is 53.2 Å². The van der Waals surface area contributed by atoms with Crippen LogP contribution in [0.3, 0.4) is 0 Å². The van der Waals surface area contributed by atoms with Crippen LogP contribution in [0.15, 0.2) is 52.4 Å². The number of hydrogen-bond acceptors (Lipinski definition) is 4. The molecule has 1 aliphatic rings. The Kier molecular flexibility index (Phi) is 5.86. The number of hydrogen-bond donors (Lipinski definition) is 1. The lowest BCUT2D eigenvalue weighted by Gasteiger charge is -2.28. The number of rotatable bonds is 4. The molecule has 1 amide bonds. The van der Waals surface area contributed by atoms with E-state index in [4.69, 9.17) is 23.2 Å². The second kappa shape index (κ2) is 8.41. The van der Waals surface area contributed by atoms with Crippen LogP contribution >= 0.6 is 35.0 Å². The summed E-state index contributed by atoms with van der Waals surface area (Å²) in [6.45, 7) is 0.